The summed E-state index contributed by atoms with van der Waals surface area (Å²) < 4.78 is 5.38. The number of carbonyl (C=O) groups is 2. The van der Waals surface area contributed by atoms with E-state index in [9.17, 15) is 9.59 Å². The third-order valence-corrected chi connectivity index (χ3v) is 3.07. The van der Waals surface area contributed by atoms with Crippen LogP contribution >= 0.6 is 0 Å². The maximum absolute atomic E-state index is 12.1. The number of rotatable bonds is 1. The van der Waals surface area contributed by atoms with E-state index < -0.39 is 5.60 Å². The first-order chi connectivity index (χ1) is 8.65. The molecule has 1 rings (SSSR count). The van der Waals surface area contributed by atoms with Crippen molar-refractivity contribution < 1.29 is 14.3 Å². The fourth-order valence-corrected chi connectivity index (χ4v) is 2.13. The van der Waals surface area contributed by atoms with Gasteiger partial charge in [0.2, 0.25) is 5.91 Å². The lowest BCUT2D eigenvalue weighted by molar-refractivity contribution is -0.131. The average Bonchev–Trinajstić information content (AvgIpc) is 2.28. The maximum atomic E-state index is 12.1. The van der Waals surface area contributed by atoms with Crippen molar-refractivity contribution >= 4 is 12.0 Å². The number of ether oxygens (including phenoxy) is 1. The van der Waals surface area contributed by atoms with E-state index in [1.807, 2.05) is 34.6 Å². The van der Waals surface area contributed by atoms with Crippen LogP contribution in [0.1, 0.15) is 34.6 Å². The minimum absolute atomic E-state index is 0.0331. The van der Waals surface area contributed by atoms with Gasteiger partial charge in [0.1, 0.15) is 5.60 Å². The molecule has 1 fully saturated rings. The molecule has 2 amide bonds. The molecule has 108 valence electrons. The van der Waals surface area contributed by atoms with E-state index in [-0.39, 0.29) is 24.1 Å². The van der Waals surface area contributed by atoms with Crippen LogP contribution in [0.15, 0.2) is 12.7 Å². The van der Waals surface area contributed by atoms with Gasteiger partial charge in [0.05, 0.1) is 0 Å². The van der Waals surface area contributed by atoms with Crippen molar-refractivity contribution in [1.82, 2.24) is 9.80 Å². The molecule has 5 nitrogen and oxygen atoms in total. The summed E-state index contributed by atoms with van der Waals surface area (Å²) in [6.07, 6.45) is 0.990. The van der Waals surface area contributed by atoms with Crippen LogP contribution in [0.25, 0.3) is 0 Å². The number of piperazine rings is 1. The quantitative estimate of drug-likeness (QED) is 0.684. The largest absolute Gasteiger partial charge is 0.444 e. The van der Waals surface area contributed by atoms with Crippen LogP contribution in [0.3, 0.4) is 0 Å². The Morgan fingerprint density at radius 1 is 1.16 bits per heavy atom. The topological polar surface area (TPSA) is 49.9 Å². The van der Waals surface area contributed by atoms with Gasteiger partial charge in [-0.25, -0.2) is 4.79 Å². The highest BCUT2D eigenvalue weighted by Gasteiger charge is 2.35. The highest BCUT2D eigenvalue weighted by molar-refractivity contribution is 5.87. The van der Waals surface area contributed by atoms with Crippen LogP contribution in [0, 0.1) is 0 Å². The first-order valence-electron chi connectivity index (χ1n) is 6.58. The summed E-state index contributed by atoms with van der Waals surface area (Å²) in [7, 11) is 0. The third-order valence-electron chi connectivity index (χ3n) is 3.07. The van der Waals surface area contributed by atoms with E-state index in [1.54, 1.807) is 9.80 Å². The summed E-state index contributed by atoms with van der Waals surface area (Å²) in [5.74, 6) is -0.0943. The lowest BCUT2D eigenvalue weighted by atomic mass is 10.1. The van der Waals surface area contributed by atoms with E-state index in [4.69, 9.17) is 4.74 Å². The Labute approximate surface area is 115 Å². The smallest absolute Gasteiger partial charge is 0.410 e. The summed E-state index contributed by atoms with van der Waals surface area (Å²) in [6.45, 7) is 13.9. The standard InChI is InChI=1S/C14H24N2O3/c1-7-12(17)15-8-11(3)16(9-10(15)2)13(18)19-14(4,5)6/h7,10-11H,1,8-9H2,2-6H3/t10-,11-/m0/s1. The van der Waals surface area contributed by atoms with Gasteiger partial charge in [0.15, 0.2) is 0 Å². The third kappa shape index (κ3) is 3.98. The monoisotopic (exact) mass is 268 g/mol. The Kier molecular flexibility index (Phi) is 4.61. The predicted octanol–water partition coefficient (Wildman–Crippen LogP) is 2.03. The number of hydrogen-bond acceptors (Lipinski definition) is 3. The van der Waals surface area contributed by atoms with Crippen molar-refractivity contribution in [2.75, 3.05) is 13.1 Å². The zero-order valence-corrected chi connectivity index (χ0v) is 12.5. The molecule has 0 saturated carbocycles. The zero-order valence-electron chi connectivity index (χ0n) is 12.5. The SMILES string of the molecule is C=CC(=O)N1C[C@H](C)N(C(=O)OC(C)(C)C)C[C@@H]1C. The van der Waals surface area contributed by atoms with E-state index in [0.29, 0.717) is 13.1 Å². The number of carbonyl (C=O) groups excluding carboxylic acids is 2. The van der Waals surface area contributed by atoms with Gasteiger partial charge in [0, 0.05) is 25.2 Å². The fraction of sp³-hybridized carbons (Fsp3) is 0.714. The van der Waals surface area contributed by atoms with Crippen LogP contribution in [0.4, 0.5) is 4.79 Å². The van der Waals surface area contributed by atoms with Crippen molar-refractivity contribution in [3.05, 3.63) is 12.7 Å². The maximum Gasteiger partial charge on any atom is 0.410 e. The number of nitrogens with zero attached hydrogens (tertiary/aromatic N) is 2. The molecular formula is C14H24N2O3. The second kappa shape index (κ2) is 5.63. The summed E-state index contributed by atoms with van der Waals surface area (Å²) in [5, 5.41) is 0. The number of hydrogen-bond donors (Lipinski definition) is 0. The van der Waals surface area contributed by atoms with Crippen LogP contribution in [0.2, 0.25) is 0 Å². The average molecular weight is 268 g/mol. The number of amides is 2. The first-order valence-corrected chi connectivity index (χ1v) is 6.58. The molecule has 0 aliphatic carbocycles. The highest BCUT2D eigenvalue weighted by Crippen LogP contribution is 2.19. The van der Waals surface area contributed by atoms with Gasteiger partial charge < -0.3 is 14.5 Å². The van der Waals surface area contributed by atoms with E-state index in [1.165, 1.54) is 6.08 Å². The van der Waals surface area contributed by atoms with Gasteiger partial charge in [-0.05, 0) is 40.7 Å². The summed E-state index contributed by atoms with van der Waals surface area (Å²) >= 11 is 0. The Hall–Kier alpha value is -1.52. The molecular weight excluding hydrogens is 244 g/mol. The molecule has 0 radical (unpaired) electrons. The second-order valence-electron chi connectivity index (χ2n) is 6.03. The van der Waals surface area contributed by atoms with Crippen LogP contribution in [-0.2, 0) is 9.53 Å². The predicted molar refractivity (Wildman–Crippen MR) is 73.8 cm³/mol. The second-order valence-corrected chi connectivity index (χ2v) is 6.03. The van der Waals surface area contributed by atoms with Gasteiger partial charge in [-0.3, -0.25) is 4.79 Å². The molecule has 19 heavy (non-hydrogen) atoms. The molecule has 1 aliphatic rings. The highest BCUT2D eigenvalue weighted by atomic mass is 16.6. The lowest BCUT2D eigenvalue weighted by Gasteiger charge is -2.43. The van der Waals surface area contributed by atoms with Gasteiger partial charge in [-0.2, -0.15) is 0 Å². The minimum Gasteiger partial charge on any atom is -0.444 e. The Morgan fingerprint density at radius 3 is 2.11 bits per heavy atom. The molecule has 0 unspecified atom stereocenters. The van der Waals surface area contributed by atoms with E-state index >= 15 is 0 Å². The van der Waals surface area contributed by atoms with E-state index in [0.717, 1.165) is 0 Å². The van der Waals surface area contributed by atoms with Crippen molar-refractivity contribution in [1.29, 1.82) is 0 Å². The van der Waals surface area contributed by atoms with Crippen molar-refractivity contribution in [3.63, 3.8) is 0 Å². The van der Waals surface area contributed by atoms with Gasteiger partial charge in [-0.1, -0.05) is 6.58 Å². The van der Waals surface area contributed by atoms with Crippen LogP contribution in [-0.4, -0.2) is 52.6 Å². The van der Waals surface area contributed by atoms with Crippen LogP contribution < -0.4 is 0 Å². The summed E-state index contributed by atoms with van der Waals surface area (Å²) in [4.78, 5) is 27.2. The molecule has 5 heteroatoms. The Morgan fingerprint density at radius 2 is 1.63 bits per heavy atom. The molecule has 0 N–H and O–H groups in total. The fourth-order valence-electron chi connectivity index (χ4n) is 2.13. The summed E-state index contributed by atoms with van der Waals surface area (Å²) in [5.41, 5.74) is -0.506. The van der Waals surface area contributed by atoms with Gasteiger partial charge in [-0.15, -0.1) is 0 Å². The molecule has 1 aliphatic heterocycles. The summed E-state index contributed by atoms with van der Waals surface area (Å²) in [6, 6.07) is -0.0934. The van der Waals surface area contributed by atoms with Gasteiger partial charge in [0.25, 0.3) is 0 Å². The molecule has 0 bridgehead atoms. The normalized spacial score (nSPS) is 24.1. The van der Waals surface area contributed by atoms with E-state index in [2.05, 4.69) is 6.58 Å². The molecule has 1 heterocycles. The molecule has 0 aromatic carbocycles. The lowest BCUT2D eigenvalue weighted by Crippen LogP contribution is -2.59. The van der Waals surface area contributed by atoms with Crippen molar-refractivity contribution in [2.24, 2.45) is 0 Å². The molecule has 0 aromatic rings. The van der Waals surface area contributed by atoms with Crippen LogP contribution in [0.5, 0.6) is 0 Å². The Bertz CT molecular complexity index is 373. The zero-order chi connectivity index (χ0) is 14.8. The van der Waals surface area contributed by atoms with Crippen molar-refractivity contribution in [3.8, 4) is 0 Å². The molecule has 1 saturated heterocycles. The molecule has 2 atom stereocenters. The Balaban J connectivity index is 2.73. The first kappa shape index (κ1) is 15.5. The minimum atomic E-state index is -0.506. The van der Waals surface area contributed by atoms with Crippen molar-refractivity contribution in [2.45, 2.75) is 52.3 Å². The van der Waals surface area contributed by atoms with Gasteiger partial charge >= 0.3 is 6.09 Å². The molecule has 0 aromatic heterocycles. The molecule has 0 spiro atoms.